The van der Waals surface area contributed by atoms with Crippen molar-refractivity contribution in [3.8, 4) is 5.75 Å². The van der Waals surface area contributed by atoms with Gasteiger partial charge in [-0.2, -0.15) is 0 Å². The number of nitrogens with one attached hydrogen (secondary N) is 1. The predicted molar refractivity (Wildman–Crippen MR) is 84.9 cm³/mol. The van der Waals surface area contributed by atoms with Crippen molar-refractivity contribution in [2.24, 2.45) is 5.73 Å². The van der Waals surface area contributed by atoms with E-state index in [9.17, 15) is 10.1 Å². The number of nitro groups is 1. The van der Waals surface area contributed by atoms with Crippen LogP contribution in [-0.2, 0) is 0 Å². The van der Waals surface area contributed by atoms with Crippen molar-refractivity contribution in [1.29, 1.82) is 0 Å². The smallest absolute Gasteiger partial charge is 0.311 e. The Morgan fingerprint density at radius 2 is 2.00 bits per heavy atom. The first-order valence-electron chi connectivity index (χ1n) is 7.39. The van der Waals surface area contributed by atoms with E-state index in [-0.39, 0.29) is 11.2 Å². The Morgan fingerprint density at radius 3 is 2.52 bits per heavy atom. The third-order valence-electron chi connectivity index (χ3n) is 3.67. The fourth-order valence-electron chi connectivity index (χ4n) is 1.88. The van der Waals surface area contributed by atoms with Crippen molar-refractivity contribution in [2.75, 3.05) is 18.5 Å². The molecular weight excluding hydrogens is 270 g/mol. The summed E-state index contributed by atoms with van der Waals surface area (Å²) < 4.78 is 5.46. The number of nitrogens with zero attached hydrogens (tertiary/aromatic N) is 1. The molecule has 1 aromatic carbocycles. The maximum Gasteiger partial charge on any atom is 0.311 e. The lowest BCUT2D eigenvalue weighted by molar-refractivity contribution is -0.385. The molecule has 0 aliphatic carbocycles. The van der Waals surface area contributed by atoms with Crippen LogP contribution in [0.1, 0.15) is 40.0 Å². The van der Waals surface area contributed by atoms with Crippen molar-refractivity contribution < 1.29 is 9.66 Å². The van der Waals surface area contributed by atoms with Crippen molar-refractivity contribution in [2.45, 2.75) is 45.6 Å². The van der Waals surface area contributed by atoms with Crippen LogP contribution in [-0.4, -0.2) is 23.6 Å². The maximum absolute atomic E-state index is 11.0. The minimum absolute atomic E-state index is 0.0148. The highest BCUT2D eigenvalue weighted by Crippen LogP contribution is 2.30. The summed E-state index contributed by atoms with van der Waals surface area (Å²) in [6.45, 7) is 7.13. The molecular formula is C15H25N3O3. The normalized spacial score (nSPS) is 11.2. The average molecular weight is 295 g/mol. The minimum atomic E-state index is -0.430. The van der Waals surface area contributed by atoms with Gasteiger partial charge in [0.2, 0.25) is 0 Å². The molecule has 6 nitrogen and oxygen atoms in total. The van der Waals surface area contributed by atoms with E-state index in [2.05, 4.69) is 19.2 Å². The van der Waals surface area contributed by atoms with Gasteiger partial charge in [0, 0.05) is 29.9 Å². The highest BCUT2D eigenvalue weighted by Gasteiger charge is 2.21. The van der Waals surface area contributed by atoms with Gasteiger partial charge in [0.25, 0.3) is 0 Å². The monoisotopic (exact) mass is 295 g/mol. The first kappa shape index (κ1) is 17.2. The van der Waals surface area contributed by atoms with E-state index < -0.39 is 4.92 Å². The number of benzene rings is 1. The lowest BCUT2D eigenvalue weighted by Crippen LogP contribution is -2.45. The molecule has 0 aromatic heterocycles. The lowest BCUT2D eigenvalue weighted by Gasteiger charge is -2.27. The van der Waals surface area contributed by atoms with Crippen LogP contribution in [0.2, 0.25) is 0 Å². The number of ether oxygens (including phenoxy) is 1. The molecule has 6 heteroatoms. The molecule has 0 spiro atoms. The summed E-state index contributed by atoms with van der Waals surface area (Å²) in [5.41, 5.74) is 6.73. The zero-order chi connectivity index (χ0) is 15.9. The summed E-state index contributed by atoms with van der Waals surface area (Å²) in [5.74, 6) is 0.294. The van der Waals surface area contributed by atoms with Gasteiger partial charge in [0.15, 0.2) is 5.75 Å². The SMILES string of the molecule is CCCOc1cc(NCC(N)(CC)CC)ccc1[N+](=O)[O-]. The quantitative estimate of drug-likeness (QED) is 0.538. The summed E-state index contributed by atoms with van der Waals surface area (Å²) in [4.78, 5) is 10.6. The molecule has 3 N–H and O–H groups in total. The molecule has 0 saturated heterocycles. The highest BCUT2D eigenvalue weighted by atomic mass is 16.6. The molecule has 0 bridgehead atoms. The summed E-state index contributed by atoms with van der Waals surface area (Å²) in [6.07, 6.45) is 2.53. The van der Waals surface area contributed by atoms with E-state index in [1.165, 1.54) is 6.07 Å². The minimum Gasteiger partial charge on any atom is -0.487 e. The first-order chi connectivity index (χ1) is 9.95. The van der Waals surface area contributed by atoms with Gasteiger partial charge < -0.3 is 15.8 Å². The summed E-state index contributed by atoms with van der Waals surface area (Å²) in [5, 5.41) is 14.2. The number of anilines is 1. The van der Waals surface area contributed by atoms with E-state index in [0.717, 1.165) is 24.9 Å². The van der Waals surface area contributed by atoms with Gasteiger partial charge in [-0.3, -0.25) is 10.1 Å². The number of hydrogen-bond acceptors (Lipinski definition) is 5. The van der Waals surface area contributed by atoms with Gasteiger partial charge in [-0.25, -0.2) is 0 Å². The molecule has 1 aromatic rings. The van der Waals surface area contributed by atoms with Crippen LogP contribution >= 0.6 is 0 Å². The Morgan fingerprint density at radius 1 is 1.33 bits per heavy atom. The standard InChI is InChI=1S/C15H25N3O3/c1-4-9-21-14-10-12(7-8-13(14)18(19)20)17-11-15(16,5-2)6-3/h7-8,10,17H,4-6,9,11,16H2,1-3H3. The lowest BCUT2D eigenvalue weighted by atomic mass is 9.94. The number of hydrogen-bond donors (Lipinski definition) is 2. The van der Waals surface area contributed by atoms with Crippen LogP contribution in [0.15, 0.2) is 18.2 Å². The first-order valence-corrected chi connectivity index (χ1v) is 7.39. The zero-order valence-electron chi connectivity index (χ0n) is 13.0. The zero-order valence-corrected chi connectivity index (χ0v) is 13.0. The van der Waals surface area contributed by atoms with Crippen molar-refractivity contribution >= 4 is 11.4 Å². The van der Waals surface area contributed by atoms with Crippen LogP contribution in [0.3, 0.4) is 0 Å². The van der Waals surface area contributed by atoms with Gasteiger partial charge in [-0.15, -0.1) is 0 Å². The third kappa shape index (κ3) is 4.90. The summed E-state index contributed by atoms with van der Waals surface area (Å²) >= 11 is 0. The molecule has 0 heterocycles. The van der Waals surface area contributed by atoms with E-state index >= 15 is 0 Å². The van der Waals surface area contributed by atoms with Gasteiger partial charge in [0.05, 0.1) is 11.5 Å². The van der Waals surface area contributed by atoms with Crippen LogP contribution in [0.4, 0.5) is 11.4 Å². The van der Waals surface area contributed by atoms with Crippen LogP contribution in [0, 0.1) is 10.1 Å². The number of nitrogens with two attached hydrogens (primary N) is 1. The molecule has 0 aliphatic heterocycles. The molecule has 0 fully saturated rings. The molecule has 0 aliphatic rings. The van der Waals surface area contributed by atoms with Crippen molar-refractivity contribution in [3.05, 3.63) is 28.3 Å². The molecule has 0 radical (unpaired) electrons. The van der Waals surface area contributed by atoms with Crippen molar-refractivity contribution in [3.63, 3.8) is 0 Å². The fourth-order valence-corrected chi connectivity index (χ4v) is 1.88. The maximum atomic E-state index is 11.0. The van der Waals surface area contributed by atoms with Crippen molar-refractivity contribution in [1.82, 2.24) is 0 Å². The second-order valence-electron chi connectivity index (χ2n) is 5.21. The predicted octanol–water partition coefficient (Wildman–Crippen LogP) is 3.31. The topological polar surface area (TPSA) is 90.4 Å². The van der Waals surface area contributed by atoms with Crippen LogP contribution in [0.25, 0.3) is 0 Å². The van der Waals surface area contributed by atoms with E-state index in [4.69, 9.17) is 10.5 Å². The second kappa shape index (κ2) is 7.83. The van der Waals surface area contributed by atoms with Gasteiger partial charge in [-0.1, -0.05) is 20.8 Å². The molecule has 1 rings (SSSR count). The van der Waals surface area contributed by atoms with Crippen LogP contribution in [0.5, 0.6) is 5.75 Å². The molecule has 21 heavy (non-hydrogen) atoms. The third-order valence-corrected chi connectivity index (χ3v) is 3.67. The molecule has 0 atom stereocenters. The Bertz CT molecular complexity index is 473. The largest absolute Gasteiger partial charge is 0.487 e. The van der Waals surface area contributed by atoms with E-state index in [0.29, 0.717) is 18.9 Å². The number of rotatable bonds is 9. The Labute approximate surface area is 125 Å². The Balaban J connectivity index is 2.87. The molecule has 0 amide bonds. The highest BCUT2D eigenvalue weighted by molar-refractivity contribution is 5.58. The second-order valence-corrected chi connectivity index (χ2v) is 5.21. The molecule has 0 saturated carbocycles. The summed E-state index contributed by atoms with van der Waals surface area (Å²) in [6, 6.07) is 4.81. The van der Waals surface area contributed by atoms with Gasteiger partial charge >= 0.3 is 5.69 Å². The Hall–Kier alpha value is -1.82. The van der Waals surface area contributed by atoms with Gasteiger partial charge in [-0.05, 0) is 25.3 Å². The fraction of sp³-hybridized carbons (Fsp3) is 0.600. The summed E-state index contributed by atoms with van der Waals surface area (Å²) in [7, 11) is 0. The van der Waals surface area contributed by atoms with Gasteiger partial charge in [0.1, 0.15) is 0 Å². The van der Waals surface area contributed by atoms with Crippen LogP contribution < -0.4 is 15.8 Å². The molecule has 118 valence electrons. The Kier molecular flexibility index (Phi) is 6.42. The average Bonchev–Trinajstić information content (AvgIpc) is 2.50. The van der Waals surface area contributed by atoms with E-state index in [1.54, 1.807) is 12.1 Å². The van der Waals surface area contributed by atoms with E-state index in [1.807, 2.05) is 6.92 Å². The molecule has 0 unspecified atom stereocenters. The number of nitro benzene ring substituents is 1.